The molecule has 7 rings (SSSR count). The predicted molar refractivity (Wildman–Crippen MR) is 187 cm³/mol. The maximum absolute atomic E-state index is 13.8. The van der Waals surface area contributed by atoms with Crippen molar-refractivity contribution in [3.8, 4) is 11.7 Å². The van der Waals surface area contributed by atoms with Crippen molar-refractivity contribution in [1.82, 2.24) is 24.5 Å². The molecule has 13 nitrogen and oxygen atoms in total. The first-order valence-electron chi connectivity index (χ1n) is 17.2. The molecule has 280 valence electrons. The summed E-state index contributed by atoms with van der Waals surface area (Å²) in [5.74, 6) is -0.947. The Hall–Kier alpha value is -5.19. The second-order valence-electron chi connectivity index (χ2n) is 14.5. The molecule has 3 aromatic heterocycles. The number of nitrogens with one attached hydrogen (secondary N) is 2. The molecule has 1 aliphatic carbocycles. The maximum Gasteiger partial charge on any atom is 0.394 e. The summed E-state index contributed by atoms with van der Waals surface area (Å²) < 4.78 is 76.3. The van der Waals surface area contributed by atoms with E-state index >= 15 is 0 Å². The van der Waals surface area contributed by atoms with Gasteiger partial charge in [-0.2, -0.15) is 21.6 Å². The molecule has 2 aliphatic heterocycles. The number of rotatable bonds is 7. The van der Waals surface area contributed by atoms with Crippen LogP contribution in [0.2, 0.25) is 0 Å². The molecular formula is C36H38F3N7O6S. The van der Waals surface area contributed by atoms with Crippen LogP contribution in [0, 0.1) is 11.3 Å². The standard InChI is InChI=1S/C36H38F3N7O6S/c1-34(2)20-22-6-12-26(23-7-9-24(10-8-23)33(48)49)40-27-4-3-5-30(41-27)53(50,51)44-32(47)25-11-13-28(42-31(25)45(34)21-22)46-18-14-29(43-46)52-19-17-35(15-16-35)36(37,38)39/h3-5,7-11,13-14,18,22,26H,6,12,15-17,19-21H2,1-2H3,(H,40,41)(H,44,47)(H,48,49)/t22-,26?/m0/s1. The number of nitrogens with zero attached hydrogens (tertiary/aromatic N) is 5. The Morgan fingerprint density at radius 2 is 1.79 bits per heavy atom. The molecule has 5 heterocycles. The number of alkyl halides is 3. The van der Waals surface area contributed by atoms with E-state index in [0.29, 0.717) is 19.4 Å². The van der Waals surface area contributed by atoms with Gasteiger partial charge >= 0.3 is 12.1 Å². The lowest BCUT2D eigenvalue weighted by molar-refractivity contribution is -0.190. The average Bonchev–Trinajstić information content (AvgIpc) is 3.66. The number of ether oxygens (including phenoxy) is 1. The van der Waals surface area contributed by atoms with E-state index < -0.39 is 39.0 Å². The predicted octanol–water partition coefficient (Wildman–Crippen LogP) is 6.14. The number of hydrogen-bond acceptors (Lipinski definition) is 10. The SMILES string of the molecule is CC1(C)C[C@@H]2CCC(c3ccc(C(=O)O)cc3)Nc3cccc(n3)S(=O)(=O)NC(=O)c3ccc(-n4ccc(OCCC5(C(F)(F)F)CC5)n4)nc3N1C2. The van der Waals surface area contributed by atoms with Crippen molar-refractivity contribution in [2.24, 2.45) is 11.3 Å². The number of halogens is 3. The minimum absolute atomic E-state index is 0.0112. The number of amides is 1. The quantitative estimate of drug-likeness (QED) is 0.198. The van der Waals surface area contributed by atoms with Gasteiger partial charge in [-0.1, -0.05) is 18.2 Å². The number of carboxylic acids is 1. The lowest BCUT2D eigenvalue weighted by Crippen LogP contribution is -2.41. The summed E-state index contributed by atoms with van der Waals surface area (Å²) in [6.07, 6.45) is -0.712. The minimum Gasteiger partial charge on any atom is -0.478 e. The zero-order valence-electron chi connectivity index (χ0n) is 28.9. The zero-order valence-corrected chi connectivity index (χ0v) is 29.7. The molecule has 2 fully saturated rings. The lowest BCUT2D eigenvalue weighted by Gasteiger charge is -2.34. The highest BCUT2D eigenvalue weighted by Crippen LogP contribution is 2.59. The molecule has 0 radical (unpaired) electrons. The van der Waals surface area contributed by atoms with E-state index in [0.717, 1.165) is 12.0 Å². The van der Waals surface area contributed by atoms with Crippen LogP contribution in [0.1, 0.15) is 84.7 Å². The van der Waals surface area contributed by atoms with E-state index in [2.05, 4.69) is 20.1 Å². The Kier molecular flexibility index (Phi) is 9.11. The van der Waals surface area contributed by atoms with E-state index in [-0.39, 0.29) is 77.3 Å². The lowest BCUT2D eigenvalue weighted by atomic mass is 9.90. The topological polar surface area (TPSA) is 169 Å². The van der Waals surface area contributed by atoms with Crippen LogP contribution in [0.25, 0.3) is 5.82 Å². The average molecular weight is 754 g/mol. The highest BCUT2D eigenvalue weighted by molar-refractivity contribution is 7.90. The van der Waals surface area contributed by atoms with E-state index in [1.165, 1.54) is 47.1 Å². The maximum atomic E-state index is 13.8. The van der Waals surface area contributed by atoms with Crippen molar-refractivity contribution in [2.45, 2.75) is 75.2 Å². The highest BCUT2D eigenvalue weighted by Gasteiger charge is 2.62. The van der Waals surface area contributed by atoms with Gasteiger partial charge in [-0.25, -0.2) is 24.2 Å². The fourth-order valence-electron chi connectivity index (χ4n) is 7.23. The van der Waals surface area contributed by atoms with Gasteiger partial charge in [-0.05, 0) is 100 Å². The van der Waals surface area contributed by atoms with Crippen LogP contribution < -0.4 is 19.7 Å². The van der Waals surface area contributed by atoms with Crippen molar-refractivity contribution in [2.75, 3.05) is 23.4 Å². The Bertz CT molecular complexity index is 2150. The zero-order chi connectivity index (χ0) is 37.8. The smallest absolute Gasteiger partial charge is 0.394 e. The first-order chi connectivity index (χ1) is 25.0. The number of aromatic nitrogens is 4. The van der Waals surface area contributed by atoms with Crippen molar-refractivity contribution >= 4 is 33.5 Å². The Labute approximate surface area is 303 Å². The molecule has 1 aromatic carbocycles. The molecule has 1 saturated carbocycles. The molecule has 17 heteroatoms. The van der Waals surface area contributed by atoms with Crippen LogP contribution in [0.4, 0.5) is 24.8 Å². The van der Waals surface area contributed by atoms with Crippen LogP contribution >= 0.6 is 0 Å². The summed E-state index contributed by atoms with van der Waals surface area (Å²) in [7, 11) is -4.46. The molecule has 0 spiro atoms. The number of carbonyl (C=O) groups excluding carboxylic acids is 1. The number of anilines is 2. The van der Waals surface area contributed by atoms with Gasteiger partial charge < -0.3 is 20.1 Å². The number of carboxylic acid groups (broad SMARTS) is 1. The summed E-state index contributed by atoms with van der Waals surface area (Å²) >= 11 is 0. The number of pyridine rings is 2. The third-order valence-corrected chi connectivity index (χ3v) is 11.6. The monoisotopic (exact) mass is 753 g/mol. The first-order valence-corrected chi connectivity index (χ1v) is 18.7. The first kappa shape index (κ1) is 36.2. The molecule has 3 aliphatic rings. The Morgan fingerprint density at radius 1 is 1.04 bits per heavy atom. The van der Waals surface area contributed by atoms with Gasteiger partial charge in [0, 0.05) is 24.3 Å². The molecule has 4 aromatic rings. The third kappa shape index (κ3) is 7.39. The van der Waals surface area contributed by atoms with E-state index in [1.807, 2.05) is 18.7 Å². The second-order valence-corrected chi connectivity index (χ2v) is 16.1. The number of sulfonamides is 1. The molecular weight excluding hydrogens is 716 g/mol. The van der Waals surface area contributed by atoms with Crippen LogP contribution in [-0.4, -0.2) is 70.0 Å². The summed E-state index contributed by atoms with van der Waals surface area (Å²) in [6.45, 7) is 4.37. The Morgan fingerprint density at radius 3 is 2.49 bits per heavy atom. The number of aromatic carboxylic acids is 1. The summed E-state index contributed by atoms with van der Waals surface area (Å²) in [6, 6.07) is 15.0. The minimum atomic E-state index is -4.46. The van der Waals surface area contributed by atoms with Gasteiger partial charge in [-0.15, -0.1) is 5.10 Å². The van der Waals surface area contributed by atoms with Crippen LogP contribution in [0.15, 0.2) is 71.9 Å². The fraction of sp³-hybridized carbons (Fsp3) is 0.417. The van der Waals surface area contributed by atoms with Crippen LogP contribution in [0.3, 0.4) is 0 Å². The van der Waals surface area contributed by atoms with Crippen molar-refractivity contribution in [3.05, 3.63) is 83.6 Å². The third-order valence-electron chi connectivity index (χ3n) is 10.4. The molecule has 1 unspecified atom stereocenters. The molecule has 3 N–H and O–H groups in total. The number of fused-ring (bicyclic) bond motifs is 6. The molecule has 4 bridgehead atoms. The number of benzene rings is 1. The molecule has 1 saturated heterocycles. The second kappa shape index (κ2) is 13.3. The van der Waals surface area contributed by atoms with Gasteiger partial charge in [0.1, 0.15) is 11.6 Å². The fourth-order valence-corrected chi connectivity index (χ4v) is 8.16. The molecule has 2 atom stereocenters. The number of carbonyl (C=O) groups is 2. The normalized spacial score (nSPS) is 21.7. The van der Waals surface area contributed by atoms with Crippen molar-refractivity contribution in [1.29, 1.82) is 0 Å². The van der Waals surface area contributed by atoms with Crippen molar-refractivity contribution < 1.29 is 41.0 Å². The van der Waals surface area contributed by atoms with E-state index in [9.17, 15) is 36.3 Å². The van der Waals surface area contributed by atoms with Crippen LogP contribution in [-0.2, 0) is 10.0 Å². The molecule has 1 amide bonds. The summed E-state index contributed by atoms with van der Waals surface area (Å²) in [4.78, 5) is 36.4. The summed E-state index contributed by atoms with van der Waals surface area (Å²) in [5, 5.41) is 16.7. The van der Waals surface area contributed by atoms with Gasteiger partial charge in [0.15, 0.2) is 10.8 Å². The van der Waals surface area contributed by atoms with Gasteiger partial charge in [0.2, 0.25) is 5.88 Å². The van der Waals surface area contributed by atoms with Crippen molar-refractivity contribution in [3.63, 3.8) is 0 Å². The van der Waals surface area contributed by atoms with E-state index in [1.54, 1.807) is 24.4 Å². The Balaban J connectivity index is 1.21. The van der Waals surface area contributed by atoms with E-state index in [4.69, 9.17) is 9.72 Å². The van der Waals surface area contributed by atoms with Gasteiger partial charge in [-0.3, -0.25) is 4.79 Å². The van der Waals surface area contributed by atoms with Crippen LogP contribution in [0.5, 0.6) is 5.88 Å². The molecule has 53 heavy (non-hydrogen) atoms. The number of hydrogen-bond donors (Lipinski definition) is 3. The highest BCUT2D eigenvalue weighted by atomic mass is 32.2. The summed E-state index contributed by atoms with van der Waals surface area (Å²) in [5.41, 5.74) is -1.27. The largest absolute Gasteiger partial charge is 0.478 e. The van der Waals surface area contributed by atoms with Gasteiger partial charge in [0.25, 0.3) is 15.9 Å². The van der Waals surface area contributed by atoms with Gasteiger partial charge in [0.05, 0.1) is 29.2 Å².